The van der Waals surface area contributed by atoms with Gasteiger partial charge in [-0.15, -0.1) is 0 Å². The smallest absolute Gasteiger partial charge is 0.308 e. The molecule has 0 unspecified atom stereocenters. The first-order valence-corrected chi connectivity index (χ1v) is 5.96. The molecule has 102 valence electrons. The summed E-state index contributed by atoms with van der Waals surface area (Å²) in [7, 11) is 0. The van der Waals surface area contributed by atoms with Crippen molar-refractivity contribution in [1.29, 1.82) is 0 Å². The van der Waals surface area contributed by atoms with Crippen molar-refractivity contribution in [1.82, 2.24) is 14.6 Å². The molecule has 0 atom stereocenters. The van der Waals surface area contributed by atoms with Gasteiger partial charge in [0.15, 0.2) is 11.3 Å². The number of nitrogens with zero attached hydrogens (tertiary/aromatic N) is 3. The zero-order valence-electron chi connectivity index (χ0n) is 9.96. The first-order chi connectivity index (χ1) is 9.00. The Morgan fingerprint density at radius 2 is 2.00 bits per heavy atom. The quantitative estimate of drug-likeness (QED) is 0.614. The molecule has 0 saturated carbocycles. The van der Waals surface area contributed by atoms with E-state index in [4.69, 9.17) is 5.84 Å². The number of hydrogen-bond donors (Lipinski definition) is 2. The Morgan fingerprint density at radius 3 is 2.68 bits per heavy atom. The van der Waals surface area contributed by atoms with Gasteiger partial charge in [-0.05, 0) is 25.7 Å². The van der Waals surface area contributed by atoms with E-state index in [1.165, 1.54) is 0 Å². The highest BCUT2D eigenvalue weighted by Gasteiger charge is 2.35. The lowest BCUT2D eigenvalue weighted by Crippen LogP contribution is -2.19. The molecule has 19 heavy (non-hydrogen) atoms. The predicted molar refractivity (Wildman–Crippen MR) is 62.4 cm³/mol. The zero-order chi connectivity index (χ0) is 13.6. The minimum absolute atomic E-state index is 0.168. The van der Waals surface area contributed by atoms with Crippen molar-refractivity contribution >= 4 is 11.5 Å². The highest BCUT2D eigenvalue weighted by atomic mass is 19.4. The predicted octanol–water partition coefficient (Wildman–Crippen LogP) is 1.91. The summed E-state index contributed by atoms with van der Waals surface area (Å²) in [6.07, 6.45) is -1.02. The van der Waals surface area contributed by atoms with Crippen LogP contribution in [0.1, 0.15) is 29.8 Å². The van der Waals surface area contributed by atoms with Crippen molar-refractivity contribution in [3.05, 3.63) is 23.0 Å². The Bertz CT molecular complexity index is 631. The summed E-state index contributed by atoms with van der Waals surface area (Å²) in [5.74, 6) is 5.84. The normalized spacial score (nSPS) is 15.6. The van der Waals surface area contributed by atoms with E-state index in [9.17, 15) is 13.2 Å². The second-order valence-corrected chi connectivity index (χ2v) is 4.53. The van der Waals surface area contributed by atoms with Gasteiger partial charge in [-0.25, -0.2) is 10.8 Å². The summed E-state index contributed by atoms with van der Waals surface area (Å²) in [4.78, 5) is 4.26. The third kappa shape index (κ3) is 1.92. The number of hydrogen-bond acceptors (Lipinski definition) is 4. The zero-order valence-corrected chi connectivity index (χ0v) is 9.96. The summed E-state index contributed by atoms with van der Waals surface area (Å²) < 4.78 is 39.2. The SMILES string of the molecule is NNc1c2c(nc3cc(C(F)(F)F)nn13)CCCC2. The number of rotatable bonds is 1. The third-order valence-corrected chi connectivity index (χ3v) is 3.30. The molecule has 5 nitrogen and oxygen atoms in total. The molecule has 3 N–H and O–H groups in total. The van der Waals surface area contributed by atoms with Gasteiger partial charge < -0.3 is 5.43 Å². The average molecular weight is 271 g/mol. The summed E-state index contributed by atoms with van der Waals surface area (Å²) in [5.41, 5.74) is 3.33. The minimum atomic E-state index is -4.49. The molecule has 0 radical (unpaired) electrons. The van der Waals surface area contributed by atoms with E-state index in [0.29, 0.717) is 5.82 Å². The van der Waals surface area contributed by atoms with Crippen LogP contribution in [0, 0.1) is 0 Å². The lowest BCUT2D eigenvalue weighted by molar-refractivity contribution is -0.141. The van der Waals surface area contributed by atoms with E-state index >= 15 is 0 Å². The molecule has 2 aromatic heterocycles. The highest BCUT2D eigenvalue weighted by Crippen LogP contribution is 2.32. The largest absolute Gasteiger partial charge is 0.435 e. The van der Waals surface area contributed by atoms with Crippen molar-refractivity contribution in [2.75, 3.05) is 5.43 Å². The Hall–Kier alpha value is -1.83. The van der Waals surface area contributed by atoms with Gasteiger partial charge >= 0.3 is 6.18 Å². The van der Waals surface area contributed by atoms with Gasteiger partial charge in [0, 0.05) is 17.3 Å². The molecule has 1 aliphatic carbocycles. The fourth-order valence-electron chi connectivity index (χ4n) is 2.44. The van der Waals surface area contributed by atoms with E-state index < -0.39 is 11.9 Å². The second-order valence-electron chi connectivity index (χ2n) is 4.53. The monoisotopic (exact) mass is 271 g/mol. The van der Waals surface area contributed by atoms with Crippen molar-refractivity contribution in [3.8, 4) is 0 Å². The van der Waals surface area contributed by atoms with Gasteiger partial charge in [0.1, 0.15) is 5.82 Å². The molecule has 0 aliphatic heterocycles. The van der Waals surface area contributed by atoms with Crippen LogP contribution in [0.3, 0.4) is 0 Å². The van der Waals surface area contributed by atoms with Crippen molar-refractivity contribution < 1.29 is 13.2 Å². The molecule has 0 aromatic carbocycles. The lowest BCUT2D eigenvalue weighted by atomic mass is 9.96. The van der Waals surface area contributed by atoms with Crippen LogP contribution in [0.2, 0.25) is 0 Å². The number of aryl methyl sites for hydroxylation is 1. The lowest BCUT2D eigenvalue weighted by Gasteiger charge is -2.18. The number of alkyl halides is 3. The topological polar surface area (TPSA) is 68.2 Å². The van der Waals surface area contributed by atoms with Crippen molar-refractivity contribution in [2.45, 2.75) is 31.9 Å². The van der Waals surface area contributed by atoms with Crippen LogP contribution in [0.15, 0.2) is 6.07 Å². The third-order valence-electron chi connectivity index (χ3n) is 3.30. The average Bonchev–Trinajstić information content (AvgIpc) is 2.79. The summed E-state index contributed by atoms with van der Waals surface area (Å²) in [5, 5.41) is 3.55. The molecular weight excluding hydrogens is 259 g/mol. The number of nitrogens with one attached hydrogen (secondary N) is 1. The molecule has 0 fully saturated rings. The van der Waals surface area contributed by atoms with Crippen LogP contribution in [0.4, 0.5) is 19.0 Å². The molecule has 0 spiro atoms. The van der Waals surface area contributed by atoms with E-state index in [1.807, 2.05) is 0 Å². The number of aromatic nitrogens is 3. The van der Waals surface area contributed by atoms with Crippen LogP contribution in [-0.2, 0) is 19.0 Å². The van der Waals surface area contributed by atoms with E-state index in [1.54, 1.807) is 0 Å². The van der Waals surface area contributed by atoms with Crippen molar-refractivity contribution in [2.24, 2.45) is 5.84 Å². The van der Waals surface area contributed by atoms with Crippen LogP contribution < -0.4 is 11.3 Å². The molecule has 0 amide bonds. The summed E-state index contributed by atoms with van der Waals surface area (Å²) in [6, 6.07) is 0.940. The van der Waals surface area contributed by atoms with Gasteiger partial charge in [0.05, 0.1) is 0 Å². The number of anilines is 1. The molecule has 3 rings (SSSR count). The maximum atomic E-state index is 12.7. The van der Waals surface area contributed by atoms with Crippen LogP contribution in [-0.4, -0.2) is 14.6 Å². The molecule has 8 heteroatoms. The van der Waals surface area contributed by atoms with Gasteiger partial charge in [-0.3, -0.25) is 0 Å². The van der Waals surface area contributed by atoms with Crippen LogP contribution >= 0.6 is 0 Å². The highest BCUT2D eigenvalue weighted by molar-refractivity contribution is 5.56. The Morgan fingerprint density at radius 1 is 1.26 bits per heavy atom. The number of fused-ring (bicyclic) bond motifs is 2. The fraction of sp³-hybridized carbons (Fsp3) is 0.455. The molecule has 0 saturated heterocycles. The first-order valence-electron chi connectivity index (χ1n) is 5.96. The van der Waals surface area contributed by atoms with Gasteiger partial charge in [-0.2, -0.15) is 22.8 Å². The fourth-order valence-corrected chi connectivity index (χ4v) is 2.44. The molecular formula is C11H12F3N5. The first kappa shape index (κ1) is 12.2. The number of halogens is 3. The summed E-state index contributed by atoms with van der Waals surface area (Å²) in [6.45, 7) is 0. The van der Waals surface area contributed by atoms with E-state index in [-0.39, 0.29) is 5.65 Å². The van der Waals surface area contributed by atoms with Crippen molar-refractivity contribution in [3.63, 3.8) is 0 Å². The molecule has 2 heterocycles. The molecule has 0 bridgehead atoms. The van der Waals surface area contributed by atoms with Crippen LogP contribution in [0.25, 0.3) is 5.65 Å². The van der Waals surface area contributed by atoms with Gasteiger partial charge in [-0.1, -0.05) is 0 Å². The maximum absolute atomic E-state index is 12.7. The number of nitrogen functional groups attached to an aromatic ring is 1. The standard InChI is InChI=1S/C11H12F3N5/c12-11(13,14)8-5-9-16-7-4-2-1-3-6(7)10(17-15)19(9)18-8/h5,17H,1-4,15H2. The van der Waals surface area contributed by atoms with Gasteiger partial charge in [0.25, 0.3) is 0 Å². The Labute approximate surface area is 106 Å². The number of hydrazine groups is 1. The summed E-state index contributed by atoms with van der Waals surface area (Å²) >= 11 is 0. The Balaban J connectivity index is 2.27. The second kappa shape index (κ2) is 4.09. The number of nitrogens with two attached hydrogens (primary N) is 1. The van der Waals surface area contributed by atoms with E-state index in [0.717, 1.165) is 47.5 Å². The molecule has 2 aromatic rings. The Kier molecular flexibility index (Phi) is 2.63. The van der Waals surface area contributed by atoms with E-state index in [2.05, 4.69) is 15.5 Å². The van der Waals surface area contributed by atoms with Gasteiger partial charge in [0.2, 0.25) is 0 Å². The molecule has 1 aliphatic rings. The maximum Gasteiger partial charge on any atom is 0.435 e. The van der Waals surface area contributed by atoms with Crippen LogP contribution in [0.5, 0.6) is 0 Å². The minimum Gasteiger partial charge on any atom is -0.308 e.